The number of rotatable bonds is 25. The van der Waals surface area contributed by atoms with E-state index in [0.717, 1.165) is 24.9 Å². The van der Waals surface area contributed by atoms with Crippen molar-refractivity contribution < 1.29 is 43.3 Å². The molecule has 6 atom stereocenters. The summed E-state index contributed by atoms with van der Waals surface area (Å²) in [6, 6.07) is 4.50. The molecule has 358 valence electrons. The Labute approximate surface area is 391 Å². The highest BCUT2D eigenvalue weighted by molar-refractivity contribution is 8.76. The summed E-state index contributed by atoms with van der Waals surface area (Å²) in [7, 11) is 5.03. The SMILES string of the molecule is CCC(C)[C@H](NC(=O)[C@H]1CCCCN1C)C(=O)N(COC(=O)CC(C)C)[C@H](CCc1nc(C(=O)N[C@@H](Cc2ccc(O)cc2)C[C@H](C)C(=O)NNC(=O)OCCSSC)cs1)C(C)C. The minimum atomic E-state index is -0.831. The van der Waals surface area contributed by atoms with E-state index in [1.165, 1.54) is 11.3 Å². The van der Waals surface area contributed by atoms with E-state index in [9.17, 15) is 33.9 Å². The molecule has 0 aliphatic carbocycles. The Balaban J connectivity index is 1.78. The van der Waals surface area contributed by atoms with E-state index in [1.807, 2.05) is 59.7 Å². The number of phenols is 1. The van der Waals surface area contributed by atoms with Gasteiger partial charge in [-0.15, -0.1) is 11.3 Å². The summed E-state index contributed by atoms with van der Waals surface area (Å²) in [6.07, 6.45) is 6.08. The van der Waals surface area contributed by atoms with Crippen molar-refractivity contribution in [2.45, 2.75) is 130 Å². The summed E-state index contributed by atoms with van der Waals surface area (Å²) < 4.78 is 10.8. The minimum absolute atomic E-state index is 0.0675. The maximum absolute atomic E-state index is 14.7. The Morgan fingerprint density at radius 1 is 1.00 bits per heavy atom. The zero-order valence-corrected chi connectivity index (χ0v) is 41.4. The maximum Gasteiger partial charge on any atom is 0.426 e. The summed E-state index contributed by atoms with van der Waals surface area (Å²) in [6.45, 7) is 14.2. The number of hydrogen-bond donors (Lipinski definition) is 5. The van der Waals surface area contributed by atoms with E-state index in [4.69, 9.17) is 9.47 Å². The predicted molar refractivity (Wildman–Crippen MR) is 253 cm³/mol. The fraction of sp³-hybridized carbons (Fsp3) is 0.667. The van der Waals surface area contributed by atoms with Gasteiger partial charge in [-0.2, -0.15) is 0 Å². The van der Waals surface area contributed by atoms with Crippen LogP contribution in [0.15, 0.2) is 29.6 Å². The Hall–Kier alpha value is -4.07. The number of carbonyl (C=O) groups is 6. The number of nitrogens with zero attached hydrogens (tertiary/aromatic N) is 3. The lowest BCUT2D eigenvalue weighted by molar-refractivity contribution is -0.159. The number of hydrogen-bond acceptors (Lipinski definition) is 14. The van der Waals surface area contributed by atoms with Gasteiger partial charge in [0, 0.05) is 42.0 Å². The van der Waals surface area contributed by atoms with Crippen LogP contribution in [0.4, 0.5) is 4.79 Å². The van der Waals surface area contributed by atoms with E-state index in [1.54, 1.807) is 63.1 Å². The second-order valence-corrected chi connectivity index (χ2v) is 20.9. The highest BCUT2D eigenvalue weighted by atomic mass is 33.1. The molecule has 1 aromatic heterocycles. The van der Waals surface area contributed by atoms with Gasteiger partial charge < -0.3 is 30.1 Å². The first kappa shape index (κ1) is 54.3. The van der Waals surface area contributed by atoms with Gasteiger partial charge >= 0.3 is 12.1 Å². The van der Waals surface area contributed by atoms with Gasteiger partial charge in [0.2, 0.25) is 17.7 Å². The molecular weight excluding hydrogens is 879 g/mol. The van der Waals surface area contributed by atoms with Crippen molar-refractivity contribution in [3.8, 4) is 5.75 Å². The molecule has 1 unspecified atom stereocenters. The fourth-order valence-electron chi connectivity index (χ4n) is 7.45. The Kier molecular flexibility index (Phi) is 23.8. The highest BCUT2D eigenvalue weighted by Gasteiger charge is 2.38. The number of benzene rings is 1. The summed E-state index contributed by atoms with van der Waals surface area (Å²) in [5.74, 6) is -1.93. The molecule has 5 amide bonds. The minimum Gasteiger partial charge on any atom is -0.508 e. The number of likely N-dealkylation sites (tertiary alicyclic amines) is 1. The zero-order chi connectivity index (χ0) is 47.3. The molecule has 0 spiro atoms. The van der Waals surface area contributed by atoms with Gasteiger partial charge in [-0.3, -0.25) is 34.3 Å². The summed E-state index contributed by atoms with van der Waals surface area (Å²) in [5, 5.41) is 18.3. The molecule has 0 bridgehead atoms. The van der Waals surface area contributed by atoms with Gasteiger partial charge in [-0.1, -0.05) is 95.0 Å². The molecular formula is C45H71N7O9S3. The third-order valence-corrected chi connectivity index (χ3v) is 14.0. The average Bonchev–Trinajstić information content (AvgIpc) is 3.73. The highest BCUT2D eigenvalue weighted by Crippen LogP contribution is 2.25. The van der Waals surface area contributed by atoms with Crippen LogP contribution in [0.5, 0.6) is 5.75 Å². The quantitative estimate of drug-likeness (QED) is 0.0243. The lowest BCUT2D eigenvalue weighted by atomic mass is 9.93. The summed E-state index contributed by atoms with van der Waals surface area (Å²) in [4.78, 5) is 88.3. The van der Waals surface area contributed by atoms with Crippen molar-refractivity contribution in [3.05, 3.63) is 45.9 Å². The Morgan fingerprint density at radius 2 is 1.72 bits per heavy atom. The van der Waals surface area contributed by atoms with Crippen molar-refractivity contribution in [1.82, 2.24) is 36.3 Å². The molecule has 2 heterocycles. The first-order valence-corrected chi connectivity index (χ1v) is 25.9. The first-order valence-electron chi connectivity index (χ1n) is 22.3. The summed E-state index contributed by atoms with van der Waals surface area (Å²) in [5.41, 5.74) is 5.68. The Morgan fingerprint density at radius 3 is 2.36 bits per heavy atom. The number of nitrogens with one attached hydrogen (secondary N) is 4. The second kappa shape index (κ2) is 28.1. The van der Waals surface area contributed by atoms with Crippen LogP contribution >= 0.6 is 32.9 Å². The molecule has 0 saturated carbocycles. The van der Waals surface area contributed by atoms with Crippen LogP contribution in [0.2, 0.25) is 0 Å². The number of phenolic OH excluding ortho intramolecular Hbond substituents is 1. The number of amides is 5. The van der Waals surface area contributed by atoms with Crippen molar-refractivity contribution in [3.63, 3.8) is 0 Å². The van der Waals surface area contributed by atoms with Gasteiger partial charge in [-0.25, -0.2) is 15.2 Å². The number of piperidine rings is 1. The molecule has 0 radical (unpaired) electrons. The second-order valence-electron chi connectivity index (χ2n) is 17.3. The van der Waals surface area contributed by atoms with E-state index in [2.05, 4.69) is 26.5 Å². The van der Waals surface area contributed by atoms with Crippen LogP contribution in [0, 0.1) is 23.7 Å². The van der Waals surface area contributed by atoms with E-state index < -0.39 is 47.9 Å². The lowest BCUT2D eigenvalue weighted by Crippen LogP contribution is -2.59. The molecule has 5 N–H and O–H groups in total. The normalized spacial score (nSPS) is 16.5. The molecule has 1 saturated heterocycles. The molecule has 1 fully saturated rings. The van der Waals surface area contributed by atoms with E-state index in [-0.39, 0.29) is 73.2 Å². The van der Waals surface area contributed by atoms with Crippen molar-refractivity contribution in [2.24, 2.45) is 23.7 Å². The molecule has 64 heavy (non-hydrogen) atoms. The molecule has 1 aliphatic heterocycles. The number of aromatic hydroxyl groups is 1. The van der Waals surface area contributed by atoms with Crippen LogP contribution < -0.4 is 21.5 Å². The maximum atomic E-state index is 14.7. The molecule has 1 aliphatic rings. The lowest BCUT2D eigenvalue weighted by Gasteiger charge is -2.39. The standard InChI is InChI=1S/C45H71N7O9S3/c1-10-30(6)40(48-43(57)37-13-11-12-20-51(37)8)44(58)52(27-61-39(54)23-28(2)3)36(29(4)5)18-19-38-47-35(26-63-38)42(56)46-33(25-32-14-16-34(53)17-15-32)24-31(7)41(55)49-50-45(59)60-21-22-64-62-9/h14-17,26,28-31,33,36-37,40,53H,10-13,18-25,27H2,1-9H3,(H,46,56)(H,48,57)(H,49,55)(H,50,59)/t30?,31-,33+,36+,37+,40-/m0/s1. The summed E-state index contributed by atoms with van der Waals surface area (Å²) >= 11 is 1.32. The van der Waals surface area contributed by atoms with Crippen LogP contribution in [-0.4, -0.2) is 119 Å². The van der Waals surface area contributed by atoms with Gasteiger partial charge in [0.1, 0.15) is 24.1 Å². The number of likely N-dealkylation sites (N-methyl/N-ethyl adjacent to an activating group) is 1. The van der Waals surface area contributed by atoms with Crippen LogP contribution in [0.3, 0.4) is 0 Å². The van der Waals surface area contributed by atoms with Gasteiger partial charge in [-0.05, 0) is 87.4 Å². The molecule has 16 nitrogen and oxygen atoms in total. The molecule has 2 aromatic rings. The number of aryl methyl sites for hydroxylation is 1. The van der Waals surface area contributed by atoms with Gasteiger partial charge in [0.05, 0.1) is 11.0 Å². The third-order valence-electron chi connectivity index (χ3n) is 11.3. The molecule has 3 rings (SSSR count). The van der Waals surface area contributed by atoms with Crippen molar-refractivity contribution >= 4 is 68.6 Å². The average molecular weight is 950 g/mol. The topological polar surface area (TPSA) is 209 Å². The number of thiazole rings is 1. The largest absolute Gasteiger partial charge is 0.508 e. The van der Waals surface area contributed by atoms with Gasteiger partial charge in [0.25, 0.3) is 5.91 Å². The van der Waals surface area contributed by atoms with Crippen molar-refractivity contribution in [2.75, 3.05) is 38.9 Å². The zero-order valence-electron chi connectivity index (χ0n) is 39.0. The number of ether oxygens (including phenoxy) is 2. The van der Waals surface area contributed by atoms with Crippen LogP contribution in [-0.2, 0) is 41.5 Å². The fourth-order valence-corrected chi connectivity index (χ4v) is 9.27. The predicted octanol–water partition coefficient (Wildman–Crippen LogP) is 6.33. The number of esters is 1. The van der Waals surface area contributed by atoms with Gasteiger partial charge in [0.15, 0.2) is 6.73 Å². The van der Waals surface area contributed by atoms with Crippen molar-refractivity contribution in [1.29, 1.82) is 0 Å². The first-order chi connectivity index (χ1) is 30.4. The smallest absolute Gasteiger partial charge is 0.426 e. The van der Waals surface area contributed by atoms with Crippen LogP contribution in [0.1, 0.15) is 114 Å². The van der Waals surface area contributed by atoms with E-state index >= 15 is 0 Å². The molecule has 19 heteroatoms. The number of hydrazine groups is 1. The third kappa shape index (κ3) is 18.4. The number of aromatic nitrogens is 1. The van der Waals surface area contributed by atoms with E-state index in [0.29, 0.717) is 42.9 Å². The monoisotopic (exact) mass is 949 g/mol. The van der Waals surface area contributed by atoms with Crippen LogP contribution in [0.25, 0.3) is 0 Å². The molecule has 1 aromatic carbocycles. The Bertz CT molecular complexity index is 1800. The number of carbonyl (C=O) groups excluding carboxylic acids is 6.